The minimum absolute atomic E-state index is 0.0169. The third-order valence-corrected chi connectivity index (χ3v) is 5.23. The van der Waals surface area contributed by atoms with E-state index in [9.17, 15) is 4.79 Å². The van der Waals surface area contributed by atoms with Gasteiger partial charge in [0.15, 0.2) is 0 Å². The van der Waals surface area contributed by atoms with Crippen LogP contribution in [-0.4, -0.2) is 77.1 Å². The molecule has 1 aliphatic heterocycles. The maximum atomic E-state index is 13.0. The summed E-state index contributed by atoms with van der Waals surface area (Å²) >= 11 is 0. The van der Waals surface area contributed by atoms with Crippen LogP contribution in [0.25, 0.3) is 11.0 Å². The Hall–Kier alpha value is -3.33. The number of likely N-dealkylation sites (N-methyl/N-ethyl adjacent to an activating group) is 1. The second-order valence-electron chi connectivity index (χ2n) is 7.39. The number of hydrogen-bond donors (Lipinski definition) is 2. The van der Waals surface area contributed by atoms with Crippen molar-refractivity contribution in [3.63, 3.8) is 0 Å². The van der Waals surface area contributed by atoms with Crippen LogP contribution in [0.3, 0.4) is 0 Å². The molecule has 1 fully saturated rings. The first-order valence-corrected chi connectivity index (χ1v) is 10.6. The lowest BCUT2D eigenvalue weighted by atomic mass is 10.1. The van der Waals surface area contributed by atoms with E-state index in [1.807, 2.05) is 36.9 Å². The van der Waals surface area contributed by atoms with Crippen LogP contribution in [0.15, 0.2) is 30.5 Å². The van der Waals surface area contributed by atoms with Crippen LogP contribution in [0.5, 0.6) is 11.6 Å². The molecule has 9 nitrogen and oxygen atoms in total. The summed E-state index contributed by atoms with van der Waals surface area (Å²) in [5, 5.41) is 4.04. The van der Waals surface area contributed by atoms with E-state index in [0.717, 1.165) is 31.6 Å². The number of benzene rings is 1. The van der Waals surface area contributed by atoms with Crippen molar-refractivity contribution in [3.05, 3.63) is 36.0 Å². The van der Waals surface area contributed by atoms with Gasteiger partial charge < -0.3 is 29.6 Å². The summed E-state index contributed by atoms with van der Waals surface area (Å²) in [6.07, 6.45) is 1.80. The molecule has 164 valence electrons. The molecule has 0 bridgehead atoms. The lowest BCUT2D eigenvalue weighted by molar-refractivity contribution is 0.0663. The molecular formula is C22H28N6O3. The number of carbonyl (C=O) groups excluding carboxylic acids is 1. The SMILES string of the molecule is CCOc1cc(C(=O)N2CCN(C)CC2)ccc1Nc1nc(OCC)c2cc[nH]c2n1. The highest BCUT2D eigenvalue weighted by Gasteiger charge is 2.21. The topological polar surface area (TPSA) is 95.6 Å². The molecule has 0 saturated carbocycles. The van der Waals surface area contributed by atoms with Gasteiger partial charge >= 0.3 is 0 Å². The van der Waals surface area contributed by atoms with Gasteiger partial charge in [-0.25, -0.2) is 0 Å². The lowest BCUT2D eigenvalue weighted by Crippen LogP contribution is -2.47. The number of anilines is 2. The van der Waals surface area contributed by atoms with Gasteiger partial charge in [0, 0.05) is 37.9 Å². The number of aromatic amines is 1. The van der Waals surface area contributed by atoms with Gasteiger partial charge in [-0.1, -0.05) is 0 Å². The predicted molar refractivity (Wildman–Crippen MR) is 119 cm³/mol. The highest BCUT2D eigenvalue weighted by Crippen LogP contribution is 2.31. The molecule has 0 spiro atoms. The summed E-state index contributed by atoms with van der Waals surface area (Å²) in [5.41, 5.74) is 1.97. The summed E-state index contributed by atoms with van der Waals surface area (Å²) in [7, 11) is 2.07. The quantitative estimate of drug-likeness (QED) is 0.602. The van der Waals surface area contributed by atoms with Crippen LogP contribution in [-0.2, 0) is 0 Å². The Labute approximate surface area is 181 Å². The molecule has 0 radical (unpaired) electrons. The minimum Gasteiger partial charge on any atom is -0.492 e. The number of fused-ring (bicyclic) bond motifs is 1. The fraction of sp³-hybridized carbons (Fsp3) is 0.409. The van der Waals surface area contributed by atoms with E-state index in [4.69, 9.17) is 9.47 Å². The number of H-pyrrole nitrogens is 1. The van der Waals surface area contributed by atoms with Gasteiger partial charge in [-0.05, 0) is 45.2 Å². The molecule has 1 aliphatic rings. The molecule has 0 atom stereocenters. The van der Waals surface area contributed by atoms with Gasteiger partial charge in [0.2, 0.25) is 11.8 Å². The first-order chi connectivity index (χ1) is 15.1. The number of amides is 1. The van der Waals surface area contributed by atoms with Crippen molar-refractivity contribution in [3.8, 4) is 11.6 Å². The van der Waals surface area contributed by atoms with Crippen molar-refractivity contribution in [2.75, 3.05) is 51.8 Å². The Morgan fingerprint density at radius 2 is 1.87 bits per heavy atom. The van der Waals surface area contributed by atoms with Crippen molar-refractivity contribution in [1.29, 1.82) is 0 Å². The standard InChI is InChI=1S/C22H28N6O3/c1-4-30-18-14-15(21(29)28-12-10-27(3)11-13-28)6-7-17(18)24-22-25-19-16(8-9-23-19)20(26-22)31-5-2/h6-9,14H,4-5,10-13H2,1-3H3,(H2,23,24,25,26). The molecule has 3 aromatic rings. The van der Waals surface area contributed by atoms with Gasteiger partial charge in [-0.15, -0.1) is 0 Å². The maximum Gasteiger partial charge on any atom is 0.254 e. The van der Waals surface area contributed by atoms with Crippen LogP contribution in [0.2, 0.25) is 0 Å². The van der Waals surface area contributed by atoms with Crippen LogP contribution in [0.1, 0.15) is 24.2 Å². The van der Waals surface area contributed by atoms with E-state index >= 15 is 0 Å². The van der Waals surface area contributed by atoms with Crippen LogP contribution in [0, 0.1) is 0 Å². The zero-order valence-corrected chi connectivity index (χ0v) is 18.1. The van der Waals surface area contributed by atoms with E-state index in [0.29, 0.717) is 47.7 Å². The fourth-order valence-electron chi connectivity index (χ4n) is 3.56. The average Bonchev–Trinajstić information content (AvgIpc) is 3.24. The molecule has 1 aromatic carbocycles. The summed E-state index contributed by atoms with van der Waals surface area (Å²) < 4.78 is 11.5. The van der Waals surface area contributed by atoms with Gasteiger partial charge in [-0.2, -0.15) is 9.97 Å². The monoisotopic (exact) mass is 424 g/mol. The number of nitrogens with zero attached hydrogens (tertiary/aromatic N) is 4. The first-order valence-electron chi connectivity index (χ1n) is 10.6. The van der Waals surface area contributed by atoms with Crippen molar-refractivity contribution < 1.29 is 14.3 Å². The molecule has 9 heteroatoms. The minimum atomic E-state index is 0.0169. The Kier molecular flexibility index (Phi) is 6.22. The zero-order valence-electron chi connectivity index (χ0n) is 18.1. The largest absolute Gasteiger partial charge is 0.492 e. The lowest BCUT2D eigenvalue weighted by Gasteiger charge is -2.32. The third kappa shape index (κ3) is 4.56. The number of piperazine rings is 1. The summed E-state index contributed by atoms with van der Waals surface area (Å²) in [4.78, 5) is 29.2. The van der Waals surface area contributed by atoms with Crippen molar-refractivity contribution >= 4 is 28.6 Å². The second kappa shape index (κ2) is 9.22. The number of aromatic nitrogens is 3. The van der Waals surface area contributed by atoms with E-state index in [-0.39, 0.29) is 5.91 Å². The van der Waals surface area contributed by atoms with E-state index in [2.05, 4.69) is 32.2 Å². The Morgan fingerprint density at radius 1 is 1.10 bits per heavy atom. The summed E-state index contributed by atoms with van der Waals surface area (Å²) in [5.74, 6) is 1.49. The Bertz CT molecular complexity index is 1060. The average molecular weight is 425 g/mol. The van der Waals surface area contributed by atoms with Crippen LogP contribution >= 0.6 is 0 Å². The normalized spacial score (nSPS) is 14.6. The van der Waals surface area contributed by atoms with Gasteiger partial charge in [0.25, 0.3) is 5.91 Å². The number of carbonyl (C=O) groups is 1. The van der Waals surface area contributed by atoms with Gasteiger partial charge in [0.05, 0.1) is 24.3 Å². The van der Waals surface area contributed by atoms with Crippen molar-refractivity contribution in [2.45, 2.75) is 13.8 Å². The molecule has 4 rings (SSSR count). The Morgan fingerprint density at radius 3 is 2.61 bits per heavy atom. The number of rotatable bonds is 7. The zero-order chi connectivity index (χ0) is 21.8. The summed E-state index contributed by atoms with van der Waals surface area (Å²) in [6.45, 7) is 8.01. The van der Waals surface area contributed by atoms with Gasteiger partial charge in [0.1, 0.15) is 11.4 Å². The van der Waals surface area contributed by atoms with Gasteiger partial charge in [-0.3, -0.25) is 4.79 Å². The van der Waals surface area contributed by atoms with Crippen LogP contribution in [0.4, 0.5) is 11.6 Å². The van der Waals surface area contributed by atoms with E-state index in [1.54, 1.807) is 12.3 Å². The predicted octanol–water partition coefficient (Wildman–Crippen LogP) is 2.89. The molecule has 1 amide bonds. The van der Waals surface area contributed by atoms with E-state index < -0.39 is 0 Å². The maximum absolute atomic E-state index is 13.0. The van der Waals surface area contributed by atoms with Crippen molar-refractivity contribution in [1.82, 2.24) is 24.8 Å². The molecular weight excluding hydrogens is 396 g/mol. The third-order valence-electron chi connectivity index (χ3n) is 5.23. The molecule has 3 heterocycles. The second-order valence-corrected chi connectivity index (χ2v) is 7.39. The van der Waals surface area contributed by atoms with E-state index in [1.165, 1.54) is 0 Å². The fourth-order valence-corrected chi connectivity index (χ4v) is 3.56. The molecule has 31 heavy (non-hydrogen) atoms. The highest BCUT2D eigenvalue weighted by atomic mass is 16.5. The Balaban J connectivity index is 1.60. The molecule has 0 aliphatic carbocycles. The highest BCUT2D eigenvalue weighted by molar-refractivity contribution is 5.95. The van der Waals surface area contributed by atoms with Crippen LogP contribution < -0.4 is 14.8 Å². The number of ether oxygens (including phenoxy) is 2. The molecule has 0 unspecified atom stereocenters. The van der Waals surface area contributed by atoms with Crippen molar-refractivity contribution in [2.24, 2.45) is 0 Å². The smallest absolute Gasteiger partial charge is 0.254 e. The molecule has 1 saturated heterocycles. The first kappa shape index (κ1) is 20.9. The summed E-state index contributed by atoms with van der Waals surface area (Å²) in [6, 6.07) is 7.30. The molecule has 2 aromatic heterocycles. The number of hydrogen-bond acceptors (Lipinski definition) is 7. The molecule has 2 N–H and O–H groups in total. The number of nitrogens with one attached hydrogen (secondary N) is 2.